The van der Waals surface area contributed by atoms with Crippen LogP contribution in [0.15, 0.2) is 142 Å². The maximum absolute atomic E-state index is 6.91. The van der Waals surface area contributed by atoms with Crippen LogP contribution in [-0.2, 0) is 0 Å². The van der Waals surface area contributed by atoms with Gasteiger partial charge in [0.25, 0.3) is 0 Å². The van der Waals surface area contributed by atoms with E-state index in [4.69, 9.17) is 8.83 Å². The third kappa shape index (κ3) is 5.08. The molecular weight excluding hydrogens is 674 g/mol. The summed E-state index contributed by atoms with van der Waals surface area (Å²) in [5.41, 5.74) is 20.5. The molecule has 10 aromatic rings. The molecule has 0 aliphatic heterocycles. The summed E-state index contributed by atoms with van der Waals surface area (Å²) in [4.78, 5) is 2.33. The molecule has 0 saturated heterocycles. The van der Waals surface area contributed by atoms with Gasteiger partial charge in [0, 0.05) is 38.3 Å². The minimum atomic E-state index is 0.864. The molecule has 2 heterocycles. The van der Waals surface area contributed by atoms with E-state index in [9.17, 15) is 0 Å². The van der Waals surface area contributed by atoms with Crippen LogP contribution in [0.2, 0.25) is 0 Å². The average molecular weight is 710 g/mol. The summed E-state index contributed by atoms with van der Waals surface area (Å²) in [5.74, 6) is 0. The molecule has 0 amide bonds. The molecule has 0 N–H and O–H groups in total. The monoisotopic (exact) mass is 711 g/mol. The van der Waals surface area contributed by atoms with E-state index in [0.29, 0.717) is 0 Å². The Labute approximate surface area is 332 Å². The Balaban J connectivity index is 1.19. The Morgan fingerprint density at radius 1 is 0.339 bits per heavy atom. The first-order valence-electron chi connectivity index (χ1n) is 19.5. The Hall–Kier alpha value is -6.13. The molecular formula is C46H36B7NO2. The van der Waals surface area contributed by atoms with Gasteiger partial charge in [0.05, 0.1) is 5.69 Å². The Kier molecular flexibility index (Phi) is 7.97. The highest BCUT2D eigenvalue weighted by atomic mass is 16.3. The molecule has 10 heteroatoms. The molecule has 10 rings (SSSR count). The van der Waals surface area contributed by atoms with E-state index in [0.717, 1.165) is 55.6 Å². The Morgan fingerprint density at radius 2 is 0.875 bits per heavy atom. The van der Waals surface area contributed by atoms with E-state index in [1.807, 2.05) is 0 Å². The molecule has 0 atom stereocenters. The number of furan rings is 2. The molecule has 0 aliphatic rings. The normalized spacial score (nSPS) is 11.7. The van der Waals surface area contributed by atoms with Gasteiger partial charge in [-0.3, -0.25) is 0 Å². The first-order valence-corrected chi connectivity index (χ1v) is 19.5. The standard InChI is InChI=1S/C46H36B7NO2/c47-36-33(34-35-37(48)38(49)40(51)42(53)46(35)56-45(34)41(52)39(36)50)26-15-20-28(21-16-26)54(27-18-13-24(14-19-27)23-7-2-1-3-8-23)32-12-6-11-30-31-22-17-25-9-4-5-10-29(25)43(31)55-44(30)32/h1-22H,47-53H2. The van der Waals surface area contributed by atoms with Crippen molar-refractivity contribution in [1.29, 1.82) is 0 Å². The molecule has 0 saturated carbocycles. The number of benzene rings is 8. The van der Waals surface area contributed by atoms with Gasteiger partial charge < -0.3 is 13.7 Å². The second-order valence-electron chi connectivity index (χ2n) is 15.5. The molecule has 0 radical (unpaired) electrons. The molecule has 0 unspecified atom stereocenters. The molecule has 0 bridgehead atoms. The van der Waals surface area contributed by atoms with Gasteiger partial charge in [-0.05, 0) is 64.0 Å². The predicted octanol–water partition coefficient (Wildman–Crippen LogP) is 1.25. The van der Waals surface area contributed by atoms with Crippen LogP contribution in [0.3, 0.4) is 0 Å². The van der Waals surface area contributed by atoms with Gasteiger partial charge in [-0.15, -0.1) is 5.46 Å². The highest BCUT2D eigenvalue weighted by Crippen LogP contribution is 2.44. The van der Waals surface area contributed by atoms with Gasteiger partial charge in [0.1, 0.15) is 71.7 Å². The molecule has 258 valence electrons. The summed E-state index contributed by atoms with van der Waals surface area (Å²) < 4.78 is 13.7. The van der Waals surface area contributed by atoms with Crippen LogP contribution in [0.1, 0.15) is 0 Å². The zero-order valence-corrected chi connectivity index (χ0v) is 33.0. The number of hydrogen-bond acceptors (Lipinski definition) is 3. The van der Waals surface area contributed by atoms with Gasteiger partial charge in [-0.2, -0.15) is 0 Å². The lowest BCUT2D eigenvalue weighted by molar-refractivity contribution is 0.673. The third-order valence-electron chi connectivity index (χ3n) is 12.7. The maximum Gasteiger partial charge on any atom is 0.159 e. The molecule has 2 aromatic heterocycles. The highest BCUT2D eigenvalue weighted by molar-refractivity contribution is 6.68. The molecule has 0 spiro atoms. The maximum atomic E-state index is 6.91. The topological polar surface area (TPSA) is 29.5 Å². The first-order chi connectivity index (χ1) is 27.2. The number of fused-ring (bicyclic) bond motifs is 8. The lowest BCUT2D eigenvalue weighted by atomic mass is 9.64. The van der Waals surface area contributed by atoms with Crippen LogP contribution in [0.5, 0.6) is 0 Å². The molecule has 0 fully saturated rings. The molecule has 0 aliphatic carbocycles. The van der Waals surface area contributed by atoms with Crippen molar-refractivity contribution in [1.82, 2.24) is 0 Å². The molecule has 56 heavy (non-hydrogen) atoms. The highest BCUT2D eigenvalue weighted by Gasteiger charge is 2.24. The second kappa shape index (κ2) is 13.0. The van der Waals surface area contributed by atoms with Gasteiger partial charge in [-0.25, -0.2) is 0 Å². The van der Waals surface area contributed by atoms with E-state index < -0.39 is 0 Å². The van der Waals surface area contributed by atoms with Crippen molar-refractivity contribution >= 4 is 165 Å². The van der Waals surface area contributed by atoms with E-state index in [-0.39, 0.29) is 0 Å². The molecule has 8 aromatic carbocycles. The van der Waals surface area contributed by atoms with Crippen LogP contribution in [0.4, 0.5) is 17.1 Å². The zero-order chi connectivity index (χ0) is 38.4. The summed E-state index contributed by atoms with van der Waals surface area (Å²) in [6.07, 6.45) is 0. The predicted molar refractivity (Wildman–Crippen MR) is 261 cm³/mol. The Morgan fingerprint density at radius 3 is 1.59 bits per heavy atom. The minimum Gasteiger partial charge on any atom is -0.457 e. The lowest BCUT2D eigenvalue weighted by Gasteiger charge is -2.26. The number of nitrogens with zero attached hydrogens (tertiary/aromatic N) is 1. The van der Waals surface area contributed by atoms with Gasteiger partial charge >= 0.3 is 0 Å². The van der Waals surface area contributed by atoms with Crippen LogP contribution in [-0.4, -0.2) is 54.9 Å². The fraction of sp³-hybridized carbons (Fsp3) is 0. The lowest BCUT2D eigenvalue weighted by Crippen LogP contribution is -2.47. The third-order valence-corrected chi connectivity index (χ3v) is 12.7. The first kappa shape index (κ1) is 34.4. The van der Waals surface area contributed by atoms with E-state index in [1.165, 1.54) is 76.7 Å². The second-order valence-corrected chi connectivity index (χ2v) is 15.5. The fourth-order valence-corrected chi connectivity index (χ4v) is 8.99. The smallest absolute Gasteiger partial charge is 0.159 e. The minimum absolute atomic E-state index is 0.864. The zero-order valence-electron chi connectivity index (χ0n) is 33.0. The van der Waals surface area contributed by atoms with Crippen LogP contribution in [0.25, 0.3) is 76.9 Å². The number of anilines is 3. The van der Waals surface area contributed by atoms with Crippen molar-refractivity contribution in [2.45, 2.75) is 0 Å². The molecule has 3 nitrogen and oxygen atoms in total. The van der Waals surface area contributed by atoms with E-state index in [1.54, 1.807) is 0 Å². The summed E-state index contributed by atoms with van der Waals surface area (Å²) >= 11 is 0. The van der Waals surface area contributed by atoms with Crippen LogP contribution in [0, 0.1) is 0 Å². The van der Waals surface area contributed by atoms with Crippen LogP contribution >= 0.6 is 0 Å². The van der Waals surface area contributed by atoms with Gasteiger partial charge in [-0.1, -0.05) is 130 Å². The number of rotatable bonds is 5. The fourth-order valence-electron chi connectivity index (χ4n) is 8.99. The summed E-state index contributed by atoms with van der Waals surface area (Å²) in [7, 11) is 15.6. The van der Waals surface area contributed by atoms with E-state index >= 15 is 0 Å². The Bertz CT molecular complexity index is 3210. The van der Waals surface area contributed by atoms with Crippen molar-refractivity contribution in [3.05, 3.63) is 133 Å². The summed E-state index contributed by atoms with van der Waals surface area (Å²) in [6, 6.07) is 47.8. The van der Waals surface area contributed by atoms with Crippen LogP contribution < -0.4 is 43.1 Å². The average Bonchev–Trinajstić information content (AvgIpc) is 3.83. The quantitative estimate of drug-likeness (QED) is 0.252. The summed E-state index contributed by atoms with van der Waals surface area (Å²) in [6.45, 7) is 0. The van der Waals surface area contributed by atoms with E-state index in [2.05, 4.69) is 193 Å². The van der Waals surface area contributed by atoms with Crippen molar-refractivity contribution in [3.8, 4) is 22.3 Å². The largest absolute Gasteiger partial charge is 0.457 e. The summed E-state index contributed by atoms with van der Waals surface area (Å²) in [5, 5.41) is 6.95. The number of hydrogen-bond donors (Lipinski definition) is 0. The SMILES string of the molecule is Bc1c(B)c(B)c2c(oc3c(B)c(B)c(B)c(-c4ccc(N(c5ccc(-c6ccccc6)cc5)c5cccc6c5oc5c7ccccc7ccc65)cc4)c32)c1B. The van der Waals surface area contributed by atoms with Crippen molar-refractivity contribution in [3.63, 3.8) is 0 Å². The van der Waals surface area contributed by atoms with Crippen molar-refractivity contribution < 1.29 is 8.83 Å². The van der Waals surface area contributed by atoms with Crippen molar-refractivity contribution in [2.24, 2.45) is 0 Å². The van der Waals surface area contributed by atoms with Crippen molar-refractivity contribution in [2.75, 3.05) is 4.90 Å². The number of para-hydroxylation sites is 1. The van der Waals surface area contributed by atoms with Gasteiger partial charge in [0.15, 0.2) is 5.58 Å². The van der Waals surface area contributed by atoms with Gasteiger partial charge in [0.2, 0.25) is 0 Å².